The summed E-state index contributed by atoms with van der Waals surface area (Å²) >= 11 is 0. The molecule has 1 saturated heterocycles. The van der Waals surface area contributed by atoms with E-state index in [1.165, 1.54) is 11.1 Å². The molecule has 6 heteroatoms. The number of ether oxygens (including phenoxy) is 1. The first-order valence-corrected chi connectivity index (χ1v) is 12.4. The van der Waals surface area contributed by atoms with Gasteiger partial charge in [0.2, 0.25) is 0 Å². The lowest BCUT2D eigenvalue weighted by atomic mass is 9.87. The normalized spacial score (nSPS) is 16.7. The van der Waals surface area contributed by atoms with Gasteiger partial charge in [-0.05, 0) is 73.8 Å². The molecule has 3 rings (SSSR count). The number of amides is 2. The summed E-state index contributed by atoms with van der Waals surface area (Å²) in [6, 6.07) is 14.8. The van der Waals surface area contributed by atoms with Crippen LogP contribution >= 0.6 is 0 Å². The van der Waals surface area contributed by atoms with Crippen molar-refractivity contribution in [2.24, 2.45) is 0 Å². The second-order valence-electron chi connectivity index (χ2n) is 11.3. The minimum absolute atomic E-state index is 0.0910. The highest BCUT2D eigenvalue weighted by Crippen LogP contribution is 2.27. The van der Waals surface area contributed by atoms with Crippen molar-refractivity contribution in [3.63, 3.8) is 0 Å². The number of rotatable bonds is 9. The smallest absolute Gasteiger partial charge is 0.347 e. The number of benzene rings is 2. The third-order valence-electron chi connectivity index (χ3n) is 6.87. The summed E-state index contributed by atoms with van der Waals surface area (Å²) in [7, 11) is 1.90. The highest BCUT2D eigenvalue weighted by atomic mass is 16.5. The average Bonchev–Trinajstić information content (AvgIpc) is 3.03. The lowest BCUT2D eigenvalue weighted by Gasteiger charge is -2.23. The number of carbonyl (C=O) groups is 2. The van der Waals surface area contributed by atoms with Gasteiger partial charge in [0.15, 0.2) is 5.60 Å². The number of carboxylic acids is 1. The summed E-state index contributed by atoms with van der Waals surface area (Å²) in [5.74, 6) is -0.402. The number of hydrogen-bond acceptors (Lipinski definition) is 3. The third-order valence-corrected chi connectivity index (χ3v) is 6.87. The molecule has 1 aliphatic rings. The molecular formula is C29H40N2O4. The van der Waals surface area contributed by atoms with Crippen LogP contribution in [0.4, 0.5) is 4.79 Å². The van der Waals surface area contributed by atoms with Gasteiger partial charge in [0, 0.05) is 20.1 Å². The van der Waals surface area contributed by atoms with E-state index in [1.807, 2.05) is 35.9 Å². The maximum Gasteiger partial charge on any atom is 0.347 e. The summed E-state index contributed by atoms with van der Waals surface area (Å²) in [5, 5.41) is 9.29. The van der Waals surface area contributed by atoms with Crippen molar-refractivity contribution in [3.05, 3.63) is 64.7 Å². The molecule has 35 heavy (non-hydrogen) atoms. The fraction of sp³-hybridized carbons (Fsp3) is 0.517. The van der Waals surface area contributed by atoms with Gasteiger partial charge >= 0.3 is 12.0 Å². The number of aryl methyl sites for hydroxylation is 2. The van der Waals surface area contributed by atoms with E-state index < -0.39 is 11.6 Å². The van der Waals surface area contributed by atoms with Gasteiger partial charge in [-0.3, -0.25) is 0 Å². The largest absolute Gasteiger partial charge is 0.478 e. The Morgan fingerprint density at radius 2 is 1.69 bits per heavy atom. The fourth-order valence-electron chi connectivity index (χ4n) is 4.42. The van der Waals surface area contributed by atoms with Gasteiger partial charge in [0.05, 0.1) is 6.04 Å². The number of likely N-dealkylation sites (N-methyl/N-ethyl adjacent to an activating group) is 1. The molecule has 6 nitrogen and oxygen atoms in total. The van der Waals surface area contributed by atoms with E-state index in [0.29, 0.717) is 12.3 Å². The van der Waals surface area contributed by atoms with E-state index in [-0.39, 0.29) is 17.5 Å². The molecular weight excluding hydrogens is 440 g/mol. The average molecular weight is 481 g/mol. The Labute approximate surface area is 209 Å². The number of carbonyl (C=O) groups excluding carboxylic acids is 1. The van der Waals surface area contributed by atoms with Crippen LogP contribution in [-0.4, -0.2) is 52.1 Å². The molecule has 0 aliphatic carbocycles. The minimum atomic E-state index is -1.27. The minimum Gasteiger partial charge on any atom is -0.478 e. The van der Waals surface area contributed by atoms with Crippen molar-refractivity contribution >= 4 is 12.0 Å². The predicted molar refractivity (Wildman–Crippen MR) is 139 cm³/mol. The molecule has 2 aromatic carbocycles. The van der Waals surface area contributed by atoms with Crippen molar-refractivity contribution in [2.75, 3.05) is 13.6 Å². The van der Waals surface area contributed by atoms with Gasteiger partial charge in [-0.15, -0.1) is 0 Å². The second-order valence-corrected chi connectivity index (χ2v) is 11.3. The van der Waals surface area contributed by atoms with Gasteiger partial charge in [0.1, 0.15) is 5.75 Å². The molecule has 0 saturated carbocycles. The predicted octanol–water partition coefficient (Wildman–Crippen LogP) is 5.79. The standard InChI is InChI=1S/C29H40N2O4/c1-20-17-21(13-16-25(20)35-29(5,6)26(32)33)9-8-10-24-19-31(27(34)30(24)7)18-22-11-14-23(15-12-22)28(2,3)4/h11-17,24H,8-10,18-19H2,1-7H3,(H,32,33). The van der Waals surface area contributed by atoms with Crippen LogP contribution in [0.2, 0.25) is 0 Å². The van der Waals surface area contributed by atoms with Gasteiger partial charge in [-0.1, -0.05) is 57.2 Å². The number of nitrogens with zero attached hydrogens (tertiary/aromatic N) is 2. The molecule has 1 N–H and O–H groups in total. The quantitative estimate of drug-likeness (QED) is 0.493. The Kier molecular flexibility index (Phi) is 7.83. The highest BCUT2D eigenvalue weighted by molar-refractivity contribution is 5.77. The molecule has 1 unspecified atom stereocenters. The van der Waals surface area contributed by atoms with Crippen LogP contribution in [-0.2, 0) is 23.2 Å². The first-order valence-electron chi connectivity index (χ1n) is 12.4. The highest BCUT2D eigenvalue weighted by Gasteiger charge is 2.34. The number of aliphatic carboxylic acids is 1. The van der Waals surface area contributed by atoms with Gasteiger partial charge in [0.25, 0.3) is 0 Å². The second kappa shape index (κ2) is 10.3. The van der Waals surface area contributed by atoms with Crippen molar-refractivity contribution in [2.45, 2.75) is 84.4 Å². The molecule has 2 amide bonds. The molecule has 2 aromatic rings. The zero-order valence-corrected chi connectivity index (χ0v) is 22.2. The monoisotopic (exact) mass is 480 g/mol. The van der Waals surface area contributed by atoms with Crippen molar-refractivity contribution < 1.29 is 19.4 Å². The lowest BCUT2D eigenvalue weighted by molar-refractivity contribution is -0.152. The van der Waals surface area contributed by atoms with Crippen LogP contribution in [0, 0.1) is 6.92 Å². The van der Waals surface area contributed by atoms with Crippen LogP contribution in [0.5, 0.6) is 5.75 Å². The fourth-order valence-corrected chi connectivity index (χ4v) is 4.42. The molecule has 0 bridgehead atoms. The Morgan fingerprint density at radius 3 is 2.26 bits per heavy atom. The van der Waals surface area contributed by atoms with E-state index in [2.05, 4.69) is 51.1 Å². The molecule has 1 heterocycles. The van der Waals surface area contributed by atoms with Gasteiger partial charge < -0.3 is 19.6 Å². The van der Waals surface area contributed by atoms with Crippen LogP contribution < -0.4 is 4.74 Å². The van der Waals surface area contributed by atoms with E-state index in [9.17, 15) is 14.7 Å². The van der Waals surface area contributed by atoms with E-state index in [0.717, 1.165) is 36.9 Å². The Hall–Kier alpha value is -3.02. The van der Waals surface area contributed by atoms with Crippen LogP contribution in [0.25, 0.3) is 0 Å². The van der Waals surface area contributed by atoms with Crippen molar-refractivity contribution in [1.29, 1.82) is 0 Å². The van der Waals surface area contributed by atoms with E-state index >= 15 is 0 Å². The number of carboxylic acid groups (broad SMARTS) is 1. The molecule has 1 aliphatic heterocycles. The molecule has 0 aromatic heterocycles. The summed E-state index contributed by atoms with van der Waals surface area (Å²) in [6.07, 6.45) is 2.80. The van der Waals surface area contributed by atoms with Crippen LogP contribution in [0.1, 0.15) is 69.7 Å². The molecule has 0 spiro atoms. The Bertz CT molecular complexity index is 1050. The van der Waals surface area contributed by atoms with Crippen LogP contribution in [0.15, 0.2) is 42.5 Å². The first-order chi connectivity index (χ1) is 16.3. The Morgan fingerprint density at radius 1 is 1.06 bits per heavy atom. The van der Waals surface area contributed by atoms with Gasteiger partial charge in [-0.2, -0.15) is 0 Å². The third kappa shape index (κ3) is 6.56. The van der Waals surface area contributed by atoms with Crippen LogP contribution in [0.3, 0.4) is 0 Å². The topological polar surface area (TPSA) is 70.1 Å². The number of urea groups is 1. The van der Waals surface area contributed by atoms with Gasteiger partial charge in [-0.25, -0.2) is 9.59 Å². The summed E-state index contributed by atoms with van der Waals surface area (Å²) < 4.78 is 5.70. The first kappa shape index (κ1) is 26.6. The molecule has 0 radical (unpaired) electrons. The van der Waals surface area contributed by atoms with E-state index in [1.54, 1.807) is 13.8 Å². The molecule has 1 fully saturated rings. The zero-order valence-electron chi connectivity index (χ0n) is 22.2. The zero-order chi connectivity index (χ0) is 26.0. The number of hydrogen-bond donors (Lipinski definition) is 1. The summed E-state index contributed by atoms with van der Waals surface area (Å²) in [4.78, 5) is 28.0. The van der Waals surface area contributed by atoms with Crippen molar-refractivity contribution in [1.82, 2.24) is 9.80 Å². The van der Waals surface area contributed by atoms with E-state index in [4.69, 9.17) is 4.74 Å². The summed E-state index contributed by atoms with van der Waals surface area (Å²) in [6.45, 7) is 13.0. The molecule has 1 atom stereocenters. The SMILES string of the molecule is Cc1cc(CCCC2CN(Cc3ccc(C(C)(C)C)cc3)C(=O)N2C)ccc1OC(C)(C)C(=O)O. The lowest BCUT2D eigenvalue weighted by Crippen LogP contribution is -2.38. The maximum absolute atomic E-state index is 12.8. The maximum atomic E-state index is 12.8. The Balaban J connectivity index is 1.53. The summed E-state index contributed by atoms with van der Waals surface area (Å²) in [5.41, 5.74) is 3.41. The van der Waals surface area contributed by atoms with Crippen molar-refractivity contribution in [3.8, 4) is 5.75 Å². The molecule has 190 valence electrons.